The summed E-state index contributed by atoms with van der Waals surface area (Å²) in [6, 6.07) is 39.0. The molecule has 0 unspecified atom stereocenters. The minimum atomic E-state index is 1.10. The third-order valence-electron chi connectivity index (χ3n) is 5.79. The lowest BCUT2D eigenvalue weighted by molar-refractivity contribution is 1.54. The van der Waals surface area contributed by atoms with E-state index in [2.05, 4.69) is 96.3 Å². The zero-order chi connectivity index (χ0) is 19.2. The molecule has 0 radical (unpaired) electrons. The molecule has 0 fully saturated rings. The number of benzene rings is 5. The highest BCUT2D eigenvalue weighted by atomic mass is 14.9. The average Bonchev–Trinajstić information content (AvgIpc) is 3.10. The Bertz CT molecular complexity index is 1340. The van der Waals surface area contributed by atoms with Crippen LogP contribution in [-0.4, -0.2) is 0 Å². The highest BCUT2D eigenvalue weighted by Crippen LogP contribution is 2.48. The van der Waals surface area contributed by atoms with Gasteiger partial charge in [-0.05, 0) is 74.5 Å². The Morgan fingerprint density at radius 3 is 1.83 bits per heavy atom. The van der Waals surface area contributed by atoms with Crippen molar-refractivity contribution < 1.29 is 0 Å². The summed E-state index contributed by atoms with van der Waals surface area (Å²) >= 11 is 0. The van der Waals surface area contributed by atoms with E-state index >= 15 is 0 Å². The van der Waals surface area contributed by atoms with Gasteiger partial charge in [0.2, 0.25) is 0 Å². The van der Waals surface area contributed by atoms with Gasteiger partial charge in [0.05, 0.1) is 0 Å². The van der Waals surface area contributed by atoms with Crippen molar-refractivity contribution in [2.45, 2.75) is 0 Å². The van der Waals surface area contributed by atoms with E-state index < -0.39 is 0 Å². The Kier molecular flexibility index (Phi) is 3.54. The summed E-state index contributed by atoms with van der Waals surface area (Å²) in [6.45, 7) is 0. The minimum Gasteiger partial charge on any atom is -0.356 e. The molecule has 136 valence electrons. The Labute approximate surface area is 170 Å². The summed E-state index contributed by atoms with van der Waals surface area (Å²) in [5.41, 5.74) is 10.0. The fraction of sp³-hybridized carbons (Fsp3) is 0. The van der Waals surface area contributed by atoms with E-state index in [0.29, 0.717) is 0 Å². The fourth-order valence-corrected chi connectivity index (χ4v) is 4.41. The maximum absolute atomic E-state index is 3.45. The van der Waals surface area contributed by atoms with E-state index in [0.717, 1.165) is 11.4 Å². The summed E-state index contributed by atoms with van der Waals surface area (Å²) in [5.74, 6) is 0. The summed E-state index contributed by atoms with van der Waals surface area (Å²) in [7, 11) is 0. The lowest BCUT2D eigenvalue weighted by Crippen LogP contribution is -1.89. The molecular formula is C28H19N. The molecule has 1 aliphatic carbocycles. The van der Waals surface area contributed by atoms with Gasteiger partial charge in [-0.1, -0.05) is 78.9 Å². The molecule has 5 aromatic carbocycles. The molecule has 0 saturated heterocycles. The Balaban J connectivity index is 1.38. The SMILES string of the molecule is c1ccc(Nc2ccc(-c3ccc4c(c3)-c3cccc5cccc-4c35)cc2)cc1. The molecule has 1 heteroatoms. The van der Waals surface area contributed by atoms with Gasteiger partial charge in [-0.2, -0.15) is 0 Å². The van der Waals surface area contributed by atoms with Crippen molar-refractivity contribution in [1.82, 2.24) is 0 Å². The number of fused-ring (bicyclic) bond motifs is 3. The molecule has 0 aromatic heterocycles. The summed E-state index contributed by atoms with van der Waals surface area (Å²) in [5, 5.41) is 6.14. The second-order valence-corrected chi connectivity index (χ2v) is 7.54. The number of hydrogen-bond donors (Lipinski definition) is 1. The quantitative estimate of drug-likeness (QED) is 0.334. The van der Waals surface area contributed by atoms with Crippen LogP contribution in [0, 0.1) is 0 Å². The molecule has 0 atom stereocenters. The third kappa shape index (κ3) is 2.63. The van der Waals surface area contributed by atoms with E-state index in [9.17, 15) is 0 Å². The third-order valence-corrected chi connectivity index (χ3v) is 5.79. The van der Waals surface area contributed by atoms with Crippen molar-refractivity contribution in [3.05, 3.63) is 109 Å². The zero-order valence-corrected chi connectivity index (χ0v) is 15.9. The van der Waals surface area contributed by atoms with Crippen LogP contribution in [0.25, 0.3) is 44.2 Å². The van der Waals surface area contributed by atoms with Crippen LogP contribution >= 0.6 is 0 Å². The van der Waals surface area contributed by atoms with Crippen molar-refractivity contribution in [1.29, 1.82) is 0 Å². The normalized spacial score (nSPS) is 11.4. The molecule has 0 aliphatic heterocycles. The van der Waals surface area contributed by atoms with E-state index in [1.54, 1.807) is 0 Å². The number of para-hydroxylation sites is 1. The van der Waals surface area contributed by atoms with E-state index in [1.165, 1.54) is 44.2 Å². The second kappa shape index (κ2) is 6.35. The second-order valence-electron chi connectivity index (χ2n) is 7.54. The lowest BCUT2D eigenvalue weighted by Gasteiger charge is -2.09. The number of nitrogens with one attached hydrogen (secondary N) is 1. The first-order valence-corrected chi connectivity index (χ1v) is 9.96. The smallest absolute Gasteiger partial charge is 0.0384 e. The van der Waals surface area contributed by atoms with Gasteiger partial charge >= 0.3 is 0 Å². The maximum Gasteiger partial charge on any atom is 0.0384 e. The van der Waals surface area contributed by atoms with Gasteiger partial charge in [-0.15, -0.1) is 0 Å². The van der Waals surface area contributed by atoms with Crippen LogP contribution < -0.4 is 5.32 Å². The van der Waals surface area contributed by atoms with Gasteiger partial charge in [-0.25, -0.2) is 0 Å². The zero-order valence-electron chi connectivity index (χ0n) is 15.9. The van der Waals surface area contributed by atoms with Crippen LogP contribution in [0.15, 0.2) is 109 Å². The van der Waals surface area contributed by atoms with Crippen LogP contribution in [0.4, 0.5) is 11.4 Å². The first-order valence-electron chi connectivity index (χ1n) is 9.96. The monoisotopic (exact) mass is 369 g/mol. The highest BCUT2D eigenvalue weighted by molar-refractivity contribution is 6.15. The molecule has 1 aliphatic rings. The highest BCUT2D eigenvalue weighted by Gasteiger charge is 2.21. The van der Waals surface area contributed by atoms with Gasteiger partial charge in [-0.3, -0.25) is 0 Å². The molecular weight excluding hydrogens is 350 g/mol. The Hall–Kier alpha value is -3.84. The first-order chi connectivity index (χ1) is 14.4. The molecule has 5 aromatic rings. The van der Waals surface area contributed by atoms with Gasteiger partial charge < -0.3 is 5.32 Å². The lowest BCUT2D eigenvalue weighted by atomic mass is 9.97. The minimum absolute atomic E-state index is 1.10. The Morgan fingerprint density at radius 1 is 0.414 bits per heavy atom. The number of anilines is 2. The standard InChI is InChI=1S/C28H19N/c1-2-8-22(9-3-1)29-23-15-12-19(13-16-23)21-14-17-24-25-10-4-6-20-7-5-11-26(28(20)25)27(24)18-21/h1-18,29H. The van der Waals surface area contributed by atoms with Crippen molar-refractivity contribution in [2.24, 2.45) is 0 Å². The van der Waals surface area contributed by atoms with Gasteiger partial charge in [0.15, 0.2) is 0 Å². The van der Waals surface area contributed by atoms with Crippen molar-refractivity contribution in [2.75, 3.05) is 5.32 Å². The summed E-state index contributed by atoms with van der Waals surface area (Å²) in [4.78, 5) is 0. The molecule has 0 spiro atoms. The molecule has 6 rings (SSSR count). The Morgan fingerprint density at radius 2 is 1.07 bits per heavy atom. The molecule has 29 heavy (non-hydrogen) atoms. The molecule has 0 bridgehead atoms. The average molecular weight is 369 g/mol. The molecule has 0 amide bonds. The molecule has 0 heterocycles. The predicted octanol–water partition coefficient (Wildman–Crippen LogP) is 7.90. The summed E-state index contributed by atoms with van der Waals surface area (Å²) in [6.07, 6.45) is 0. The van der Waals surface area contributed by atoms with Crippen LogP contribution in [0.1, 0.15) is 0 Å². The van der Waals surface area contributed by atoms with E-state index in [-0.39, 0.29) is 0 Å². The largest absolute Gasteiger partial charge is 0.356 e. The van der Waals surface area contributed by atoms with Crippen LogP contribution in [0.5, 0.6) is 0 Å². The van der Waals surface area contributed by atoms with Crippen molar-refractivity contribution >= 4 is 22.1 Å². The first kappa shape index (κ1) is 16.1. The van der Waals surface area contributed by atoms with Gasteiger partial charge in [0.25, 0.3) is 0 Å². The predicted molar refractivity (Wildman–Crippen MR) is 124 cm³/mol. The van der Waals surface area contributed by atoms with E-state index in [4.69, 9.17) is 0 Å². The number of rotatable bonds is 3. The summed E-state index contributed by atoms with van der Waals surface area (Å²) < 4.78 is 0. The molecule has 1 N–H and O–H groups in total. The topological polar surface area (TPSA) is 12.0 Å². The van der Waals surface area contributed by atoms with Gasteiger partial charge in [0, 0.05) is 11.4 Å². The maximum atomic E-state index is 3.45. The number of hydrogen-bond acceptors (Lipinski definition) is 1. The van der Waals surface area contributed by atoms with Crippen molar-refractivity contribution in [3.63, 3.8) is 0 Å². The fourth-order valence-electron chi connectivity index (χ4n) is 4.41. The van der Waals surface area contributed by atoms with Crippen LogP contribution in [-0.2, 0) is 0 Å². The van der Waals surface area contributed by atoms with Crippen LogP contribution in [0.2, 0.25) is 0 Å². The molecule has 0 saturated carbocycles. The van der Waals surface area contributed by atoms with E-state index in [1.807, 2.05) is 18.2 Å². The van der Waals surface area contributed by atoms with Crippen LogP contribution in [0.3, 0.4) is 0 Å². The van der Waals surface area contributed by atoms with Gasteiger partial charge in [0.1, 0.15) is 0 Å². The van der Waals surface area contributed by atoms with Crippen molar-refractivity contribution in [3.8, 4) is 33.4 Å². The molecule has 1 nitrogen and oxygen atoms in total.